The summed E-state index contributed by atoms with van der Waals surface area (Å²) < 4.78 is 4.64. The Kier molecular flexibility index (Phi) is 1.90. The molecule has 1 heterocycles. The second-order valence-electron chi connectivity index (χ2n) is 3.04. The summed E-state index contributed by atoms with van der Waals surface area (Å²) in [7, 11) is 0. The summed E-state index contributed by atoms with van der Waals surface area (Å²) in [6, 6.07) is 6.08. The minimum atomic E-state index is -1.29. The molecule has 1 aromatic carbocycles. The van der Waals surface area contributed by atoms with E-state index >= 15 is 0 Å². The van der Waals surface area contributed by atoms with Gasteiger partial charge in [0.25, 0.3) is 0 Å². The normalized spacial score (nSPS) is 17.8. The maximum Gasteiger partial charge on any atom is 0.349 e. The van der Waals surface area contributed by atoms with E-state index in [1.165, 1.54) is 18.2 Å². The highest BCUT2D eigenvalue weighted by Gasteiger charge is 2.36. The molecule has 0 saturated heterocycles. The number of hydrogen-bond acceptors (Lipinski definition) is 4. The van der Waals surface area contributed by atoms with Gasteiger partial charge in [0, 0.05) is 5.56 Å². The van der Waals surface area contributed by atoms with Gasteiger partial charge in [-0.05, 0) is 18.2 Å². The predicted octanol–water partition coefficient (Wildman–Crippen LogP) is 0.854. The average Bonchev–Trinajstić information content (AvgIpc) is 2.56. The molecule has 0 spiro atoms. The summed E-state index contributed by atoms with van der Waals surface area (Å²) in [5.41, 5.74) is 0.756. The molecule has 1 aliphatic heterocycles. The lowest BCUT2D eigenvalue weighted by atomic mass is 10.0. The highest BCUT2D eigenvalue weighted by Crippen LogP contribution is 2.31. The summed E-state index contributed by atoms with van der Waals surface area (Å²) in [5.74, 6) is -1.90. The monoisotopic (exact) mass is 203 g/mol. The second kappa shape index (κ2) is 3.10. The fraction of sp³-hybridized carbons (Fsp3) is 0.100. The molecule has 2 rings (SSSR count). The first-order chi connectivity index (χ1) is 7.13. The van der Waals surface area contributed by atoms with Crippen molar-refractivity contribution >= 4 is 11.9 Å². The van der Waals surface area contributed by atoms with Crippen LogP contribution in [0.3, 0.4) is 0 Å². The van der Waals surface area contributed by atoms with Crippen LogP contribution in [0.1, 0.15) is 27.6 Å². The van der Waals surface area contributed by atoms with Crippen molar-refractivity contribution in [2.45, 2.75) is 6.10 Å². The van der Waals surface area contributed by atoms with E-state index in [2.05, 4.69) is 4.74 Å². The van der Waals surface area contributed by atoms with Gasteiger partial charge in [0.1, 0.15) is 0 Å². The second-order valence-corrected chi connectivity index (χ2v) is 3.04. The number of hydrogen-bond donors (Lipinski definition) is 1. The van der Waals surface area contributed by atoms with Crippen molar-refractivity contribution in [2.24, 2.45) is 0 Å². The summed E-state index contributed by atoms with van der Waals surface area (Å²) in [6.07, 6.45) is -1.29. The highest BCUT2D eigenvalue weighted by atomic mass is 16.6. The first-order valence-corrected chi connectivity index (χ1v) is 4.11. The van der Waals surface area contributed by atoms with Gasteiger partial charge in [-0.1, -0.05) is 0 Å². The molecule has 0 aliphatic carbocycles. The number of fused-ring (bicyclic) bond motifs is 1. The van der Waals surface area contributed by atoms with Crippen molar-refractivity contribution in [1.29, 1.82) is 5.26 Å². The molecule has 0 amide bonds. The molecule has 0 radical (unpaired) electrons. The molecule has 0 aromatic heterocycles. The van der Waals surface area contributed by atoms with Crippen LogP contribution in [-0.4, -0.2) is 17.0 Å². The van der Waals surface area contributed by atoms with Crippen molar-refractivity contribution in [3.63, 3.8) is 0 Å². The number of carboxylic acids is 1. The molecule has 1 N–H and O–H groups in total. The standard InChI is InChI=1S/C10H5NO4/c11-4-5-1-2-6-7(3-5)8(9(12)13)15-10(6)14/h1-3,8H,(H,12,13). The third-order valence-corrected chi connectivity index (χ3v) is 2.13. The Labute approximate surface area is 84.5 Å². The predicted molar refractivity (Wildman–Crippen MR) is 46.9 cm³/mol. The number of esters is 1. The Hall–Kier alpha value is -2.35. The first kappa shape index (κ1) is 9.21. The van der Waals surface area contributed by atoms with Crippen molar-refractivity contribution in [2.75, 3.05) is 0 Å². The lowest BCUT2D eigenvalue weighted by Gasteiger charge is -2.03. The Morgan fingerprint density at radius 1 is 1.53 bits per heavy atom. The van der Waals surface area contributed by atoms with Crippen molar-refractivity contribution in [3.8, 4) is 6.07 Å². The van der Waals surface area contributed by atoms with Crippen LogP contribution in [0.5, 0.6) is 0 Å². The molecule has 1 unspecified atom stereocenters. The summed E-state index contributed by atoms with van der Waals surface area (Å²) >= 11 is 0. The topological polar surface area (TPSA) is 87.4 Å². The molecule has 1 aliphatic rings. The van der Waals surface area contributed by atoms with Gasteiger partial charge >= 0.3 is 11.9 Å². The number of cyclic esters (lactones) is 1. The zero-order chi connectivity index (χ0) is 11.0. The van der Waals surface area contributed by atoms with Crippen LogP contribution in [-0.2, 0) is 9.53 Å². The lowest BCUT2D eigenvalue weighted by Crippen LogP contribution is -2.10. The molecule has 5 nitrogen and oxygen atoms in total. The van der Waals surface area contributed by atoms with Crippen LogP contribution in [0.25, 0.3) is 0 Å². The van der Waals surface area contributed by atoms with E-state index < -0.39 is 18.0 Å². The Bertz CT molecular complexity index is 501. The summed E-state index contributed by atoms with van der Waals surface area (Å²) in [6.45, 7) is 0. The number of nitrogens with zero attached hydrogens (tertiary/aromatic N) is 1. The quantitative estimate of drug-likeness (QED) is 0.683. The largest absolute Gasteiger partial charge is 0.478 e. The number of nitriles is 1. The average molecular weight is 203 g/mol. The Balaban J connectivity index is 2.58. The molecule has 0 bridgehead atoms. The molecular formula is C10H5NO4. The molecule has 0 saturated carbocycles. The maximum atomic E-state index is 11.2. The molecule has 5 heteroatoms. The van der Waals surface area contributed by atoms with Crippen molar-refractivity contribution in [3.05, 3.63) is 34.9 Å². The first-order valence-electron chi connectivity index (χ1n) is 4.11. The van der Waals surface area contributed by atoms with Gasteiger partial charge in [0.2, 0.25) is 6.10 Å². The van der Waals surface area contributed by atoms with E-state index in [1.54, 1.807) is 0 Å². The fourth-order valence-electron chi connectivity index (χ4n) is 1.45. The summed E-state index contributed by atoms with van der Waals surface area (Å²) in [5, 5.41) is 17.4. The minimum absolute atomic E-state index is 0.210. The van der Waals surface area contributed by atoms with Crippen LogP contribution >= 0.6 is 0 Å². The Morgan fingerprint density at radius 3 is 2.87 bits per heavy atom. The van der Waals surface area contributed by atoms with Gasteiger partial charge in [-0.25, -0.2) is 9.59 Å². The van der Waals surface area contributed by atoms with E-state index in [0.29, 0.717) is 5.56 Å². The molecular weight excluding hydrogens is 198 g/mol. The Morgan fingerprint density at radius 2 is 2.27 bits per heavy atom. The van der Waals surface area contributed by atoms with Crippen LogP contribution in [0.2, 0.25) is 0 Å². The van der Waals surface area contributed by atoms with Crippen molar-refractivity contribution < 1.29 is 19.4 Å². The van der Waals surface area contributed by atoms with Crippen LogP contribution < -0.4 is 0 Å². The smallest absolute Gasteiger partial charge is 0.349 e. The van der Waals surface area contributed by atoms with Crippen LogP contribution in [0.15, 0.2) is 18.2 Å². The van der Waals surface area contributed by atoms with Crippen LogP contribution in [0, 0.1) is 11.3 Å². The van der Waals surface area contributed by atoms with E-state index in [4.69, 9.17) is 10.4 Å². The SMILES string of the molecule is N#Cc1ccc2c(c1)C(C(=O)O)OC2=O. The number of aliphatic carboxylic acids is 1. The van der Waals surface area contributed by atoms with E-state index in [1.807, 2.05) is 6.07 Å². The lowest BCUT2D eigenvalue weighted by molar-refractivity contribution is -0.146. The van der Waals surface area contributed by atoms with Gasteiger partial charge in [0.05, 0.1) is 17.2 Å². The molecule has 1 atom stereocenters. The zero-order valence-corrected chi connectivity index (χ0v) is 7.43. The van der Waals surface area contributed by atoms with E-state index in [9.17, 15) is 9.59 Å². The van der Waals surface area contributed by atoms with E-state index in [0.717, 1.165) is 0 Å². The number of carboxylic acid groups (broad SMARTS) is 1. The van der Waals surface area contributed by atoms with Gasteiger partial charge < -0.3 is 9.84 Å². The van der Waals surface area contributed by atoms with Gasteiger partial charge in [-0.2, -0.15) is 5.26 Å². The number of ether oxygens (including phenoxy) is 1. The molecule has 1 aromatic rings. The summed E-state index contributed by atoms with van der Waals surface area (Å²) in [4.78, 5) is 22.0. The third-order valence-electron chi connectivity index (χ3n) is 2.13. The number of benzene rings is 1. The van der Waals surface area contributed by atoms with Gasteiger partial charge in [-0.3, -0.25) is 0 Å². The van der Waals surface area contributed by atoms with Crippen LogP contribution in [0.4, 0.5) is 0 Å². The number of rotatable bonds is 1. The maximum absolute atomic E-state index is 11.2. The van der Waals surface area contributed by atoms with Gasteiger partial charge in [0.15, 0.2) is 0 Å². The van der Waals surface area contributed by atoms with Crippen molar-refractivity contribution in [1.82, 2.24) is 0 Å². The van der Waals surface area contributed by atoms with Gasteiger partial charge in [-0.15, -0.1) is 0 Å². The molecule has 74 valence electrons. The fourth-order valence-corrected chi connectivity index (χ4v) is 1.45. The third kappa shape index (κ3) is 1.32. The number of carbonyl (C=O) groups excluding carboxylic acids is 1. The number of carbonyl (C=O) groups is 2. The van der Waals surface area contributed by atoms with E-state index in [-0.39, 0.29) is 11.1 Å². The molecule has 15 heavy (non-hydrogen) atoms. The minimum Gasteiger partial charge on any atom is -0.478 e. The zero-order valence-electron chi connectivity index (χ0n) is 7.43. The highest BCUT2D eigenvalue weighted by molar-refractivity contribution is 5.98. The molecule has 0 fully saturated rings.